The summed E-state index contributed by atoms with van der Waals surface area (Å²) in [5, 5.41) is 11.3. The Hall–Kier alpha value is -3.32. The lowest BCUT2D eigenvalue weighted by atomic mass is 9.50. The number of aromatic hydroxyl groups is 1. The van der Waals surface area contributed by atoms with Gasteiger partial charge in [0, 0.05) is 55.1 Å². The first-order chi connectivity index (χ1) is 21.2. The van der Waals surface area contributed by atoms with Crippen LogP contribution in [0.4, 0.5) is 0 Å². The maximum atomic E-state index is 14.1. The van der Waals surface area contributed by atoms with Crippen LogP contribution in [0.5, 0.6) is 17.2 Å². The summed E-state index contributed by atoms with van der Waals surface area (Å²) >= 11 is 0. The molecule has 1 saturated carbocycles. The van der Waals surface area contributed by atoms with Crippen molar-refractivity contribution in [1.29, 1.82) is 0 Å². The summed E-state index contributed by atoms with van der Waals surface area (Å²) in [6.07, 6.45) is 9.73. The number of hydrogen-bond acceptors (Lipinski definition) is 6. The van der Waals surface area contributed by atoms with Crippen LogP contribution in [-0.4, -0.2) is 64.6 Å². The predicted octanol–water partition coefficient (Wildman–Crippen LogP) is 6.20. The normalized spacial score (nSPS) is 26.5. The van der Waals surface area contributed by atoms with E-state index in [2.05, 4.69) is 54.5 Å². The highest BCUT2D eigenvalue weighted by molar-refractivity contribution is 5.77. The van der Waals surface area contributed by atoms with Gasteiger partial charge >= 0.3 is 5.97 Å². The quantitative estimate of drug-likeness (QED) is 0.135. The molecule has 1 spiro atoms. The van der Waals surface area contributed by atoms with Crippen LogP contribution in [0.1, 0.15) is 82.4 Å². The lowest BCUT2D eigenvalue weighted by Gasteiger charge is -2.60. The molecule has 2 aliphatic heterocycles. The van der Waals surface area contributed by atoms with Gasteiger partial charge in [0.15, 0.2) is 11.5 Å². The third kappa shape index (κ3) is 5.42. The lowest BCUT2D eigenvalue weighted by Crippen LogP contribution is -2.69. The van der Waals surface area contributed by atoms with Crippen LogP contribution < -0.4 is 9.47 Å². The highest BCUT2D eigenvalue weighted by atomic mass is 16.6. The molecule has 1 saturated heterocycles. The molecule has 0 unspecified atom stereocenters. The van der Waals surface area contributed by atoms with E-state index in [1.807, 2.05) is 12.1 Å². The molecule has 4 aliphatic rings. The number of esters is 1. The average molecular weight is 601 g/mol. The molecule has 0 aromatic heterocycles. The number of ether oxygens (including phenoxy) is 2. The molecule has 2 aromatic rings. The monoisotopic (exact) mass is 600 g/mol. The Kier molecular flexibility index (Phi) is 8.78. The number of amides is 1. The third-order valence-electron chi connectivity index (χ3n) is 10.6. The molecule has 44 heavy (non-hydrogen) atoms. The van der Waals surface area contributed by atoms with Gasteiger partial charge in [-0.1, -0.05) is 56.7 Å². The average Bonchev–Trinajstić information content (AvgIpc) is 3.33. The van der Waals surface area contributed by atoms with Gasteiger partial charge < -0.3 is 19.5 Å². The van der Waals surface area contributed by atoms with Gasteiger partial charge in [0.1, 0.15) is 11.9 Å². The van der Waals surface area contributed by atoms with Crippen molar-refractivity contribution >= 4 is 11.9 Å². The maximum Gasteiger partial charge on any atom is 0.308 e. The number of aryl methyl sites for hydroxylation is 1. The Morgan fingerprint density at radius 3 is 2.73 bits per heavy atom. The fraction of sp³-hybridized carbons (Fsp3) is 0.568. The number of carbonyl (C=O) groups excluding carboxylic acids is 2. The molecule has 1 N–H and O–H groups in total. The second-order valence-electron chi connectivity index (χ2n) is 13.8. The topological polar surface area (TPSA) is 79.3 Å². The van der Waals surface area contributed by atoms with E-state index < -0.39 is 5.97 Å². The van der Waals surface area contributed by atoms with Crippen molar-refractivity contribution in [3.63, 3.8) is 0 Å². The third-order valence-corrected chi connectivity index (χ3v) is 10.6. The molecule has 2 aromatic carbocycles. The molecule has 6 rings (SSSR count). The van der Waals surface area contributed by atoms with E-state index in [-0.39, 0.29) is 35.3 Å². The van der Waals surface area contributed by atoms with Crippen LogP contribution in [0.25, 0.3) is 0 Å². The highest BCUT2D eigenvalue weighted by Gasteiger charge is 2.67. The first kappa shape index (κ1) is 30.7. The van der Waals surface area contributed by atoms with Crippen molar-refractivity contribution in [2.75, 3.05) is 19.6 Å². The van der Waals surface area contributed by atoms with Gasteiger partial charge in [-0.15, -0.1) is 6.58 Å². The summed E-state index contributed by atoms with van der Waals surface area (Å²) < 4.78 is 12.6. The highest BCUT2D eigenvalue weighted by Crippen LogP contribution is 2.65. The van der Waals surface area contributed by atoms with Gasteiger partial charge in [0.25, 0.3) is 0 Å². The summed E-state index contributed by atoms with van der Waals surface area (Å²) in [5.74, 6) is 1.47. The fourth-order valence-electron chi connectivity index (χ4n) is 8.98. The zero-order valence-electron chi connectivity index (χ0n) is 26.6. The zero-order chi connectivity index (χ0) is 31.0. The molecule has 5 atom stereocenters. The van der Waals surface area contributed by atoms with Crippen LogP contribution in [0, 0.1) is 11.8 Å². The van der Waals surface area contributed by atoms with E-state index in [1.165, 1.54) is 12.5 Å². The first-order valence-electron chi connectivity index (χ1n) is 16.7. The van der Waals surface area contributed by atoms with Gasteiger partial charge in [-0.3, -0.25) is 14.5 Å². The standard InChI is InChI=1S/C37H48N2O5/c1-5-19-38-20-18-37-28-16-17-29(39(23-24(2)3)33(42)15-11-7-10-14-26-12-8-6-9-13-26)36(37)44-35-32(43-25(4)40)22-31(41)27(34(35)37)21-30(28)38/h5-6,8-9,12-13,22,24,28-30,36,41H,1,7,10-11,14-21,23H2,2-4H3/t28-,29-,30+,36-,37-/m0/s1. The number of piperidine rings is 1. The minimum absolute atomic E-state index is 0.0808. The van der Waals surface area contributed by atoms with Crippen molar-refractivity contribution in [2.24, 2.45) is 11.8 Å². The molecule has 7 nitrogen and oxygen atoms in total. The molecule has 236 valence electrons. The Morgan fingerprint density at radius 1 is 1.20 bits per heavy atom. The lowest BCUT2D eigenvalue weighted by molar-refractivity contribution is -0.143. The number of phenolic OH excluding ortho intramolecular Hbond substituents is 1. The summed E-state index contributed by atoms with van der Waals surface area (Å²) in [6, 6.07) is 12.3. The molecule has 2 aliphatic carbocycles. The summed E-state index contributed by atoms with van der Waals surface area (Å²) in [7, 11) is 0. The molecule has 0 radical (unpaired) electrons. The van der Waals surface area contributed by atoms with E-state index >= 15 is 0 Å². The molecular formula is C37H48N2O5. The Labute approximate surface area is 262 Å². The minimum Gasteiger partial charge on any atom is -0.508 e. The Morgan fingerprint density at radius 2 is 2.00 bits per heavy atom. The molecule has 2 heterocycles. The van der Waals surface area contributed by atoms with E-state index in [4.69, 9.17) is 9.47 Å². The van der Waals surface area contributed by atoms with E-state index in [9.17, 15) is 14.7 Å². The molecule has 2 bridgehead atoms. The predicted molar refractivity (Wildman–Crippen MR) is 171 cm³/mol. The van der Waals surface area contributed by atoms with Crippen molar-refractivity contribution < 1.29 is 24.2 Å². The molecule has 7 heteroatoms. The fourth-order valence-corrected chi connectivity index (χ4v) is 8.98. The number of unbranched alkanes of at least 4 members (excludes halogenated alkanes) is 2. The van der Waals surface area contributed by atoms with Crippen molar-refractivity contribution in [2.45, 2.75) is 102 Å². The SMILES string of the molecule is C=CCN1CC[C@]23c4c5c(O)cc(OC(C)=O)c4O[C@H]2[C@@H](N(CC(C)C)C(=O)CCCCCc2ccccc2)CC[C@H]3[C@H]1C5. The van der Waals surface area contributed by atoms with E-state index in [0.29, 0.717) is 36.3 Å². The summed E-state index contributed by atoms with van der Waals surface area (Å²) in [6.45, 7) is 12.1. The smallest absolute Gasteiger partial charge is 0.308 e. The van der Waals surface area contributed by atoms with Crippen molar-refractivity contribution in [1.82, 2.24) is 9.80 Å². The zero-order valence-corrected chi connectivity index (χ0v) is 26.6. The molecule has 2 fully saturated rings. The molecule has 1 amide bonds. The maximum absolute atomic E-state index is 14.1. The summed E-state index contributed by atoms with van der Waals surface area (Å²) in [4.78, 5) is 30.8. The van der Waals surface area contributed by atoms with Crippen LogP contribution in [0.15, 0.2) is 49.1 Å². The van der Waals surface area contributed by atoms with Gasteiger partial charge in [-0.2, -0.15) is 0 Å². The number of carbonyl (C=O) groups is 2. The van der Waals surface area contributed by atoms with Gasteiger partial charge in [-0.25, -0.2) is 0 Å². The second-order valence-corrected chi connectivity index (χ2v) is 13.8. The number of likely N-dealkylation sites (tertiary alicyclic amines) is 1. The van der Waals surface area contributed by atoms with E-state index in [0.717, 1.165) is 75.6 Å². The second kappa shape index (κ2) is 12.6. The van der Waals surface area contributed by atoms with Crippen LogP contribution in [0.3, 0.4) is 0 Å². The number of benzene rings is 2. The van der Waals surface area contributed by atoms with Crippen molar-refractivity contribution in [3.05, 3.63) is 65.7 Å². The van der Waals surface area contributed by atoms with Gasteiger partial charge in [-0.05, 0) is 68.9 Å². The molecular weight excluding hydrogens is 552 g/mol. The largest absolute Gasteiger partial charge is 0.508 e. The van der Waals surface area contributed by atoms with E-state index in [1.54, 1.807) is 6.07 Å². The number of phenols is 1. The minimum atomic E-state index is -0.442. The van der Waals surface area contributed by atoms with Crippen LogP contribution in [0.2, 0.25) is 0 Å². The number of rotatable bonds is 12. The van der Waals surface area contributed by atoms with Gasteiger partial charge in [0.05, 0.1) is 6.04 Å². The summed E-state index contributed by atoms with van der Waals surface area (Å²) in [5.41, 5.74) is 2.94. The first-order valence-corrected chi connectivity index (χ1v) is 16.7. The number of hydrogen-bond donors (Lipinski definition) is 1. The van der Waals surface area contributed by atoms with Crippen LogP contribution in [-0.2, 0) is 27.8 Å². The van der Waals surface area contributed by atoms with Crippen molar-refractivity contribution in [3.8, 4) is 17.2 Å². The van der Waals surface area contributed by atoms with Crippen LogP contribution >= 0.6 is 0 Å². The Bertz CT molecular complexity index is 1390. The Balaban J connectivity index is 1.29. The van der Waals surface area contributed by atoms with Gasteiger partial charge in [0.2, 0.25) is 5.91 Å². The number of nitrogens with zero attached hydrogens (tertiary/aromatic N) is 2.